The molecule has 6 aliphatic rings. The van der Waals surface area contributed by atoms with Crippen molar-refractivity contribution in [2.24, 2.45) is 9.98 Å². The van der Waals surface area contributed by atoms with Crippen molar-refractivity contribution >= 4 is 87.0 Å². The molecule has 8 N–H and O–H groups in total. The van der Waals surface area contributed by atoms with Gasteiger partial charge < -0.3 is 66.0 Å². The van der Waals surface area contributed by atoms with Crippen molar-refractivity contribution in [2.45, 2.75) is 77.7 Å². The molecule has 0 radical (unpaired) electrons. The Labute approximate surface area is 489 Å². The summed E-state index contributed by atoms with van der Waals surface area (Å²) in [5, 5.41) is 11.4. The summed E-state index contributed by atoms with van der Waals surface area (Å²) in [5.41, 5.74) is 22.3. The molecule has 4 fully saturated rings. The molecule has 23 heteroatoms. The minimum absolute atomic E-state index is 0.00135. The third kappa shape index (κ3) is 15.3. The van der Waals surface area contributed by atoms with Crippen molar-refractivity contribution in [2.75, 3.05) is 120 Å². The number of pyridine rings is 4. The first-order chi connectivity index (χ1) is 40.3. The number of nitrogens with zero attached hydrogens (tertiary/aromatic N) is 10. The van der Waals surface area contributed by atoms with Gasteiger partial charge in [0.1, 0.15) is 34.2 Å². The predicted molar refractivity (Wildman–Crippen MR) is 328 cm³/mol. The van der Waals surface area contributed by atoms with Gasteiger partial charge in [-0.15, -0.1) is 0 Å². The van der Waals surface area contributed by atoms with Crippen molar-refractivity contribution in [3.05, 3.63) is 132 Å². The lowest BCUT2D eigenvalue weighted by molar-refractivity contribution is 0.0484. The zero-order chi connectivity index (χ0) is 59.0. The van der Waals surface area contributed by atoms with Crippen LogP contribution in [0.3, 0.4) is 0 Å². The first-order valence-electron chi connectivity index (χ1n) is 28.3. The fraction of sp³-hybridized carbons (Fsp3) is 0.393. The van der Waals surface area contributed by atoms with Crippen molar-refractivity contribution in [3.8, 4) is 0 Å². The monoisotopic (exact) mass is 1140 g/mol. The van der Waals surface area contributed by atoms with Gasteiger partial charge >= 0.3 is 18.2 Å². The van der Waals surface area contributed by atoms with Gasteiger partial charge in [0.05, 0.1) is 49.9 Å². The molecular formula is C61H74N16O7. The topological polar surface area (TPSA) is 278 Å². The van der Waals surface area contributed by atoms with Crippen LogP contribution in [0.2, 0.25) is 0 Å². The number of carbonyl (C=O) groups excluding carboxylic acids is 3. The van der Waals surface area contributed by atoms with E-state index in [4.69, 9.17) is 40.4 Å². The Balaban J connectivity index is 0.000000159. The minimum Gasteiger partial charge on any atom is -0.444 e. The number of ether oxygens (including phenoxy) is 4. The summed E-state index contributed by atoms with van der Waals surface area (Å²) in [7, 11) is 0. The second-order valence-corrected chi connectivity index (χ2v) is 23.1. The molecule has 440 valence electrons. The number of fused-ring (bicyclic) bond motifs is 2. The zero-order valence-corrected chi connectivity index (χ0v) is 48.4. The molecule has 0 atom stereocenters. The molecule has 6 aliphatic heterocycles. The molecule has 10 heterocycles. The summed E-state index contributed by atoms with van der Waals surface area (Å²) in [6.45, 7) is 20.1. The standard InChI is InChI=1S/C31H36N8O4.C17H18N4O.C13H20N4O2/c1-31(2,3)43-30(41)35-23-18-39(19-23)24-9-11-32-26(17-24)37-29(40)34-22-6-4-20(5-7-22)25-16-21-8-10-33-28(27(21)36-25)38-12-14-42-15-13-38;18-14-3-1-12(2-4-14)15-11-13-5-6-19-17(16(13)20-15)21-7-9-22-10-8-21;1-13(2,3)19-12(18)16-9-7-17(8-9)10-4-5-15-11(14)6-10/h4-11,17,23H,12-16,18-19H2,1-3H3,(H,35,41)(H2,32,34,37,40);1-6H,7-11,18H2;4-6,9H,7-8H2,1-3H3,(H2,14,15)(H,16,18). The van der Waals surface area contributed by atoms with Gasteiger partial charge in [-0.2, -0.15) is 0 Å². The van der Waals surface area contributed by atoms with Crippen LogP contribution in [0.25, 0.3) is 0 Å². The highest BCUT2D eigenvalue weighted by Crippen LogP contribution is 2.38. The minimum atomic E-state index is -0.537. The van der Waals surface area contributed by atoms with E-state index >= 15 is 0 Å². The van der Waals surface area contributed by atoms with Crippen LogP contribution in [0.4, 0.5) is 71.8 Å². The Morgan fingerprint density at radius 2 is 0.976 bits per heavy atom. The van der Waals surface area contributed by atoms with Crippen LogP contribution >= 0.6 is 0 Å². The Kier molecular flexibility index (Phi) is 17.7. The number of aliphatic imine (C=N–C) groups is 2. The molecular weight excluding hydrogens is 1070 g/mol. The number of benzene rings is 2. The summed E-state index contributed by atoms with van der Waals surface area (Å²) in [6, 6.07) is 26.8. The average molecular weight is 1140 g/mol. The van der Waals surface area contributed by atoms with Gasteiger partial charge in [0.2, 0.25) is 0 Å². The molecule has 0 saturated carbocycles. The highest BCUT2D eigenvalue weighted by molar-refractivity contribution is 6.09. The van der Waals surface area contributed by atoms with Gasteiger partial charge in [0, 0.05) is 125 Å². The molecule has 84 heavy (non-hydrogen) atoms. The van der Waals surface area contributed by atoms with Crippen molar-refractivity contribution in [3.63, 3.8) is 0 Å². The number of rotatable bonds is 10. The van der Waals surface area contributed by atoms with Crippen molar-refractivity contribution in [1.82, 2.24) is 30.6 Å². The summed E-state index contributed by atoms with van der Waals surface area (Å²) >= 11 is 0. The van der Waals surface area contributed by atoms with Gasteiger partial charge in [0.15, 0.2) is 11.6 Å². The number of morpholine rings is 2. The Hall–Kier alpha value is -9.09. The smallest absolute Gasteiger partial charge is 0.407 e. The third-order valence-electron chi connectivity index (χ3n) is 14.2. The average Bonchev–Trinajstić information content (AvgIpc) is 3.06. The molecule has 4 aromatic heterocycles. The Bertz CT molecular complexity index is 3360. The van der Waals surface area contributed by atoms with Gasteiger partial charge in [-0.1, -0.05) is 24.3 Å². The lowest BCUT2D eigenvalue weighted by Crippen LogP contribution is -2.60. The number of aromatic nitrogens is 4. The van der Waals surface area contributed by atoms with E-state index < -0.39 is 23.3 Å². The quantitative estimate of drug-likeness (QED) is 0.0711. The van der Waals surface area contributed by atoms with E-state index in [1.807, 2.05) is 133 Å². The molecule has 6 aromatic rings. The number of hydrogen-bond acceptors (Lipinski definition) is 19. The van der Waals surface area contributed by atoms with Crippen molar-refractivity contribution in [1.29, 1.82) is 0 Å². The van der Waals surface area contributed by atoms with E-state index in [9.17, 15) is 14.4 Å². The van der Waals surface area contributed by atoms with E-state index in [1.54, 1.807) is 12.4 Å². The largest absolute Gasteiger partial charge is 0.444 e. The lowest BCUT2D eigenvalue weighted by Gasteiger charge is -2.41. The zero-order valence-electron chi connectivity index (χ0n) is 48.4. The number of nitrogen functional groups attached to an aromatic ring is 2. The molecule has 4 amide bonds. The highest BCUT2D eigenvalue weighted by Gasteiger charge is 2.32. The van der Waals surface area contributed by atoms with Gasteiger partial charge in [-0.3, -0.25) is 5.32 Å². The summed E-state index contributed by atoms with van der Waals surface area (Å²) in [5.74, 6) is 2.82. The van der Waals surface area contributed by atoms with Crippen LogP contribution in [0.1, 0.15) is 63.8 Å². The van der Waals surface area contributed by atoms with Gasteiger partial charge in [-0.25, -0.2) is 44.3 Å². The van der Waals surface area contributed by atoms with Gasteiger partial charge in [0.25, 0.3) is 0 Å². The van der Waals surface area contributed by atoms with Crippen LogP contribution in [0.5, 0.6) is 0 Å². The van der Waals surface area contributed by atoms with E-state index in [2.05, 4.69) is 66.9 Å². The van der Waals surface area contributed by atoms with Crippen LogP contribution in [-0.4, -0.2) is 152 Å². The molecule has 0 spiro atoms. The number of nitrogens with two attached hydrogens (primary N) is 2. The summed E-state index contributed by atoms with van der Waals surface area (Å²) in [4.78, 5) is 72.2. The van der Waals surface area contributed by atoms with E-state index in [0.717, 1.165) is 134 Å². The molecule has 0 bridgehead atoms. The summed E-state index contributed by atoms with van der Waals surface area (Å²) < 4.78 is 21.4. The second-order valence-electron chi connectivity index (χ2n) is 23.1. The SMILES string of the molecule is CC(C)(C)OC(=O)NC1CN(c2ccnc(N)c2)C1.CC(C)(C)OC(=O)NC1CN(c2ccnc(NC(=O)Nc3ccc(C4=Nc5c(ccnc5N5CCOCC5)C4)cc3)c2)C1.Nc1ccc(C2=Nc3c(ccnc3N3CCOCC3)C2)cc1. The van der Waals surface area contributed by atoms with Crippen LogP contribution in [0.15, 0.2) is 120 Å². The number of carbonyl (C=O) groups is 3. The normalized spacial score (nSPS) is 16.6. The molecule has 4 saturated heterocycles. The second kappa shape index (κ2) is 25.6. The first kappa shape index (κ1) is 58.1. The lowest BCUT2D eigenvalue weighted by atomic mass is 10.0. The number of amides is 4. The Morgan fingerprint density at radius 1 is 0.536 bits per heavy atom. The number of anilines is 8. The maximum atomic E-state index is 12.7. The summed E-state index contributed by atoms with van der Waals surface area (Å²) in [6.07, 6.45) is 7.85. The van der Waals surface area contributed by atoms with Crippen LogP contribution in [0, 0.1) is 0 Å². The molecule has 2 aromatic carbocycles. The maximum Gasteiger partial charge on any atom is 0.407 e. The highest BCUT2D eigenvalue weighted by atomic mass is 16.6. The third-order valence-corrected chi connectivity index (χ3v) is 14.2. The fourth-order valence-electron chi connectivity index (χ4n) is 10.1. The first-order valence-corrected chi connectivity index (χ1v) is 28.3. The Morgan fingerprint density at radius 3 is 1.44 bits per heavy atom. The van der Waals surface area contributed by atoms with Crippen LogP contribution in [-0.2, 0) is 31.8 Å². The van der Waals surface area contributed by atoms with Crippen molar-refractivity contribution < 1.29 is 33.3 Å². The fourth-order valence-corrected chi connectivity index (χ4v) is 10.1. The van der Waals surface area contributed by atoms with Gasteiger partial charge in [-0.05, 0) is 112 Å². The number of alkyl carbamates (subject to hydrolysis) is 2. The number of hydrogen-bond donors (Lipinski definition) is 6. The number of urea groups is 1. The maximum absolute atomic E-state index is 12.7. The van der Waals surface area contributed by atoms with Crippen LogP contribution < -0.4 is 52.3 Å². The molecule has 0 unspecified atom stereocenters. The number of nitrogens with one attached hydrogen (secondary N) is 4. The molecule has 12 rings (SSSR count). The molecule has 0 aliphatic carbocycles. The van der Waals surface area contributed by atoms with E-state index in [0.29, 0.717) is 43.6 Å². The van der Waals surface area contributed by atoms with E-state index in [1.165, 1.54) is 5.56 Å². The predicted octanol–water partition coefficient (Wildman–Crippen LogP) is 7.90. The molecule has 23 nitrogen and oxygen atoms in total. The van der Waals surface area contributed by atoms with E-state index in [-0.39, 0.29) is 18.2 Å².